The summed E-state index contributed by atoms with van der Waals surface area (Å²) in [5, 5.41) is 0. The first kappa shape index (κ1) is 21.8. The van der Waals surface area contributed by atoms with E-state index in [1.54, 1.807) is 7.11 Å². The molecule has 0 aliphatic heterocycles. The normalized spacial score (nSPS) is 23.2. The summed E-state index contributed by atoms with van der Waals surface area (Å²) in [6.07, 6.45) is 6.60. The van der Waals surface area contributed by atoms with Crippen molar-refractivity contribution in [3.63, 3.8) is 0 Å². The van der Waals surface area contributed by atoms with E-state index < -0.39 is 0 Å². The van der Waals surface area contributed by atoms with Crippen LogP contribution in [0.3, 0.4) is 0 Å². The molecule has 2 aliphatic rings. The van der Waals surface area contributed by atoms with Crippen molar-refractivity contribution in [3.8, 4) is 5.75 Å². The van der Waals surface area contributed by atoms with Crippen molar-refractivity contribution in [2.45, 2.75) is 51.4 Å². The zero-order valence-electron chi connectivity index (χ0n) is 18.3. The minimum atomic E-state index is -0.0875. The number of hydrogen-bond donors (Lipinski definition) is 0. The number of carbonyl (C=O) groups excluding carboxylic acids is 1. The predicted molar refractivity (Wildman–Crippen MR) is 121 cm³/mol. The number of benzene rings is 2. The Labute approximate surface area is 185 Å². The van der Waals surface area contributed by atoms with Gasteiger partial charge in [-0.15, -0.1) is 0 Å². The zero-order chi connectivity index (χ0) is 21.5. The maximum Gasteiger partial charge on any atom is 0.138 e. The van der Waals surface area contributed by atoms with Crippen molar-refractivity contribution >= 4 is 5.78 Å². The summed E-state index contributed by atoms with van der Waals surface area (Å²) in [6.45, 7) is 1.82. The fourth-order valence-electron chi connectivity index (χ4n) is 4.75. The number of carbonyl (C=O) groups is 1. The average molecular weight is 421 g/mol. The molecule has 4 nitrogen and oxygen atoms in total. The van der Waals surface area contributed by atoms with Crippen LogP contribution in [0.15, 0.2) is 66.2 Å². The van der Waals surface area contributed by atoms with E-state index in [0.717, 1.165) is 42.6 Å². The lowest BCUT2D eigenvalue weighted by Crippen LogP contribution is -2.34. The lowest BCUT2D eigenvalue weighted by atomic mass is 9.80. The second kappa shape index (κ2) is 10.7. The van der Waals surface area contributed by atoms with Gasteiger partial charge in [0.05, 0.1) is 26.4 Å². The molecule has 0 spiro atoms. The third-order valence-electron chi connectivity index (χ3n) is 6.49. The van der Waals surface area contributed by atoms with Crippen LogP contribution in [0.4, 0.5) is 0 Å². The van der Waals surface area contributed by atoms with Crippen LogP contribution in [0, 0.1) is 11.8 Å². The highest BCUT2D eigenvalue weighted by Crippen LogP contribution is 2.40. The van der Waals surface area contributed by atoms with Crippen LogP contribution in [0.1, 0.15) is 43.2 Å². The summed E-state index contributed by atoms with van der Waals surface area (Å²) in [7, 11) is 1.67. The van der Waals surface area contributed by atoms with Gasteiger partial charge < -0.3 is 14.2 Å². The Bertz CT molecular complexity index is 872. The van der Waals surface area contributed by atoms with Crippen LogP contribution in [0.25, 0.3) is 0 Å². The maximum atomic E-state index is 12.8. The van der Waals surface area contributed by atoms with Gasteiger partial charge in [-0.3, -0.25) is 4.79 Å². The summed E-state index contributed by atoms with van der Waals surface area (Å²) < 4.78 is 17.5. The third kappa shape index (κ3) is 5.63. The first-order chi connectivity index (χ1) is 15.2. The van der Waals surface area contributed by atoms with E-state index in [1.165, 1.54) is 5.57 Å². The molecule has 1 saturated carbocycles. The van der Waals surface area contributed by atoms with E-state index in [0.29, 0.717) is 37.9 Å². The number of rotatable bonds is 9. The number of ether oxygens (including phenoxy) is 3. The molecule has 2 aliphatic carbocycles. The van der Waals surface area contributed by atoms with E-state index >= 15 is 0 Å². The van der Waals surface area contributed by atoms with Crippen LogP contribution in [-0.4, -0.2) is 25.6 Å². The highest BCUT2D eigenvalue weighted by Gasteiger charge is 2.39. The van der Waals surface area contributed by atoms with Gasteiger partial charge in [-0.25, -0.2) is 0 Å². The predicted octanol–water partition coefficient (Wildman–Crippen LogP) is 5.50. The van der Waals surface area contributed by atoms with Gasteiger partial charge >= 0.3 is 0 Å². The Balaban J connectivity index is 1.35. The smallest absolute Gasteiger partial charge is 0.138 e. The fourth-order valence-corrected chi connectivity index (χ4v) is 4.75. The number of methoxy groups -OCH3 is 1. The molecule has 4 rings (SSSR count). The second-order valence-electron chi connectivity index (χ2n) is 8.50. The van der Waals surface area contributed by atoms with Gasteiger partial charge in [-0.1, -0.05) is 48.5 Å². The van der Waals surface area contributed by atoms with Crippen molar-refractivity contribution < 1.29 is 19.0 Å². The number of fused-ring (bicyclic) bond motifs is 2. The quantitative estimate of drug-likeness (QED) is 0.397. The molecule has 3 atom stereocenters. The van der Waals surface area contributed by atoms with E-state index in [2.05, 4.69) is 18.2 Å². The van der Waals surface area contributed by atoms with E-state index in [1.807, 2.05) is 42.5 Å². The molecule has 164 valence electrons. The Hall–Kier alpha value is -2.43. The molecule has 0 saturated heterocycles. The van der Waals surface area contributed by atoms with Gasteiger partial charge in [-0.05, 0) is 60.4 Å². The van der Waals surface area contributed by atoms with Gasteiger partial charge in [0.2, 0.25) is 0 Å². The van der Waals surface area contributed by atoms with Gasteiger partial charge in [-0.2, -0.15) is 0 Å². The fraction of sp³-hybridized carbons (Fsp3) is 0.444. The van der Waals surface area contributed by atoms with Crippen molar-refractivity contribution in [3.05, 3.63) is 77.4 Å². The Morgan fingerprint density at radius 1 is 0.935 bits per heavy atom. The Morgan fingerprint density at radius 2 is 1.71 bits per heavy atom. The van der Waals surface area contributed by atoms with Crippen LogP contribution >= 0.6 is 0 Å². The first-order valence-corrected chi connectivity index (χ1v) is 11.3. The average Bonchev–Trinajstić information content (AvgIpc) is 2.88. The van der Waals surface area contributed by atoms with E-state index in [4.69, 9.17) is 14.2 Å². The minimum Gasteiger partial charge on any atom is -0.497 e. The number of Topliss-reactive ketones (excluding diaryl/α,β-unsaturated/α-hetero) is 1. The van der Waals surface area contributed by atoms with Crippen molar-refractivity contribution in [2.75, 3.05) is 13.7 Å². The van der Waals surface area contributed by atoms with Gasteiger partial charge in [0.15, 0.2) is 0 Å². The Kier molecular flexibility index (Phi) is 7.55. The molecule has 4 heteroatoms. The first-order valence-electron chi connectivity index (χ1n) is 11.3. The third-order valence-corrected chi connectivity index (χ3v) is 6.49. The van der Waals surface area contributed by atoms with E-state index in [9.17, 15) is 4.79 Å². The molecule has 2 aromatic carbocycles. The van der Waals surface area contributed by atoms with Crippen LogP contribution in [-0.2, 0) is 27.5 Å². The molecular formula is C27H32O4. The zero-order valence-corrected chi connectivity index (χ0v) is 18.3. The molecule has 0 radical (unpaired) electrons. The topological polar surface area (TPSA) is 44.8 Å². The standard InChI is InChI=1S/C27H32O4/c1-29-23-13-10-21(11-14-23)18-30-17-16-22-12-15-26(28)25-9-5-8-24(22)27(25)31-19-20-6-3-2-4-7-20/h2-4,6-8,10-11,13-14,22,25,27H,5,9,12,15-19H2,1H3/t22-,25-,27+/m0/s1. The lowest BCUT2D eigenvalue weighted by Gasteiger charge is -2.32. The molecule has 0 N–H and O–H groups in total. The van der Waals surface area contributed by atoms with Gasteiger partial charge in [0.1, 0.15) is 11.5 Å². The minimum absolute atomic E-state index is 0.00827. The summed E-state index contributed by atoms with van der Waals surface area (Å²) in [5.41, 5.74) is 3.61. The van der Waals surface area contributed by atoms with Crippen LogP contribution < -0.4 is 4.74 Å². The molecule has 31 heavy (non-hydrogen) atoms. The summed E-state index contributed by atoms with van der Waals surface area (Å²) in [5.74, 6) is 1.58. The van der Waals surface area contributed by atoms with Crippen molar-refractivity contribution in [1.82, 2.24) is 0 Å². The summed E-state index contributed by atoms with van der Waals surface area (Å²) in [4.78, 5) is 12.8. The van der Waals surface area contributed by atoms with Crippen LogP contribution in [0.2, 0.25) is 0 Å². The van der Waals surface area contributed by atoms with Crippen molar-refractivity contribution in [2.24, 2.45) is 11.8 Å². The maximum absolute atomic E-state index is 12.8. The lowest BCUT2D eigenvalue weighted by molar-refractivity contribution is -0.127. The molecule has 0 heterocycles. The number of ketones is 1. The van der Waals surface area contributed by atoms with E-state index in [-0.39, 0.29) is 12.0 Å². The SMILES string of the molecule is COc1ccc(COCC[C@@H]2CCC(=O)[C@@H]3CCC=C2[C@H]3OCc2ccccc2)cc1. The number of allylic oxidation sites excluding steroid dienone is 1. The van der Waals surface area contributed by atoms with Gasteiger partial charge in [0, 0.05) is 18.9 Å². The highest BCUT2D eigenvalue weighted by molar-refractivity contribution is 5.83. The van der Waals surface area contributed by atoms with Crippen LogP contribution in [0.5, 0.6) is 5.75 Å². The number of hydrogen-bond acceptors (Lipinski definition) is 4. The molecule has 1 fully saturated rings. The highest BCUT2D eigenvalue weighted by atomic mass is 16.5. The van der Waals surface area contributed by atoms with Crippen molar-refractivity contribution in [1.29, 1.82) is 0 Å². The molecule has 0 amide bonds. The molecular weight excluding hydrogens is 388 g/mol. The monoisotopic (exact) mass is 420 g/mol. The summed E-state index contributed by atoms with van der Waals surface area (Å²) in [6, 6.07) is 18.2. The second-order valence-corrected chi connectivity index (χ2v) is 8.50. The molecule has 0 aromatic heterocycles. The molecule has 2 bridgehead atoms. The Morgan fingerprint density at radius 3 is 2.48 bits per heavy atom. The summed E-state index contributed by atoms with van der Waals surface area (Å²) >= 11 is 0. The molecule has 0 unspecified atom stereocenters. The largest absolute Gasteiger partial charge is 0.497 e. The van der Waals surface area contributed by atoms with Gasteiger partial charge in [0.25, 0.3) is 0 Å². The molecule has 2 aromatic rings.